The first-order chi connectivity index (χ1) is 12.0. The number of unbranched alkanes of at least 4 members (excludes halogenated alkanes) is 13. The van der Waals surface area contributed by atoms with Gasteiger partial charge in [-0.2, -0.15) is 8.42 Å². The molecular formula is C19H39NaO5S. The molecule has 0 aromatic carbocycles. The molecule has 0 fully saturated rings. The molecule has 0 atom stereocenters. The molecule has 5 nitrogen and oxygen atoms in total. The Morgan fingerprint density at radius 3 is 1.54 bits per heavy atom. The van der Waals surface area contributed by atoms with Crippen LogP contribution in [-0.2, 0) is 19.6 Å². The molecule has 0 unspecified atom stereocenters. The predicted octanol–water partition coefficient (Wildman–Crippen LogP) is 4.64. The van der Waals surface area contributed by atoms with Crippen LogP contribution in [-0.4, -0.2) is 60.9 Å². The molecule has 0 spiro atoms. The van der Waals surface area contributed by atoms with Gasteiger partial charge in [-0.1, -0.05) is 90.4 Å². The summed E-state index contributed by atoms with van der Waals surface area (Å²) < 4.78 is 34.5. The quantitative estimate of drug-likeness (QED) is 0.156. The first-order valence-electron chi connectivity index (χ1n) is 10.1. The Balaban J connectivity index is 0. The van der Waals surface area contributed by atoms with E-state index in [1.165, 1.54) is 70.6 Å². The van der Waals surface area contributed by atoms with Crippen LogP contribution in [0.2, 0.25) is 0 Å². The molecule has 0 aliphatic carbocycles. The van der Waals surface area contributed by atoms with Gasteiger partial charge in [0.2, 0.25) is 0 Å². The van der Waals surface area contributed by atoms with E-state index in [-0.39, 0.29) is 36.0 Å². The molecule has 0 rings (SSSR count). The number of rotatable bonds is 18. The topological polar surface area (TPSA) is 80.7 Å². The molecule has 0 saturated heterocycles. The molecule has 152 valence electrons. The molecule has 0 saturated carbocycles. The second kappa shape index (κ2) is 20.1. The fraction of sp³-hybridized carbons (Fsp3) is 0.947. The third kappa shape index (κ3) is 24.4. The Kier molecular flexibility index (Phi) is 22.1. The van der Waals surface area contributed by atoms with Crippen molar-refractivity contribution in [3.8, 4) is 0 Å². The number of hydrogen-bond donors (Lipinski definition) is 1. The average Bonchev–Trinajstić information content (AvgIpc) is 2.56. The van der Waals surface area contributed by atoms with Crippen molar-refractivity contribution < 1.29 is 22.5 Å². The summed E-state index contributed by atoms with van der Waals surface area (Å²) in [6.07, 6.45) is 17.5. The normalized spacial score (nSPS) is 11.2. The summed E-state index contributed by atoms with van der Waals surface area (Å²) in [5.41, 5.74) is 0. The number of esters is 1. The molecule has 0 aromatic heterocycles. The fourth-order valence-electron chi connectivity index (χ4n) is 2.77. The van der Waals surface area contributed by atoms with Gasteiger partial charge in [0.25, 0.3) is 10.1 Å². The van der Waals surface area contributed by atoms with Gasteiger partial charge in [-0.05, 0) is 6.42 Å². The van der Waals surface area contributed by atoms with Crippen LogP contribution in [0.25, 0.3) is 0 Å². The molecule has 0 aromatic rings. The second-order valence-electron chi connectivity index (χ2n) is 6.85. The molecule has 0 heterocycles. The molecule has 0 bridgehead atoms. The first kappa shape index (κ1) is 28.6. The molecule has 7 heteroatoms. The van der Waals surface area contributed by atoms with Crippen molar-refractivity contribution in [3.63, 3.8) is 0 Å². The second-order valence-corrected chi connectivity index (χ2v) is 8.42. The standard InChI is InChI=1S/C19H38O5S.Na.H/c1-2-3-4-5-6-7-8-9-10-11-12-13-14-15-17-24-19(20)16-18-25(21,22)23;;/h2-18H2,1H3,(H,21,22,23);;. The minimum absolute atomic E-state index is 0. The number of carbonyl (C=O) groups is 1. The average molecular weight is 403 g/mol. The molecule has 0 radical (unpaired) electrons. The van der Waals surface area contributed by atoms with E-state index in [4.69, 9.17) is 9.29 Å². The van der Waals surface area contributed by atoms with E-state index in [0.717, 1.165) is 19.3 Å². The predicted molar refractivity (Wildman–Crippen MR) is 109 cm³/mol. The van der Waals surface area contributed by atoms with Gasteiger partial charge in [-0.15, -0.1) is 0 Å². The monoisotopic (exact) mass is 402 g/mol. The summed E-state index contributed by atoms with van der Waals surface area (Å²) in [6, 6.07) is 0. The van der Waals surface area contributed by atoms with Gasteiger partial charge < -0.3 is 4.74 Å². The van der Waals surface area contributed by atoms with Crippen molar-refractivity contribution in [3.05, 3.63) is 0 Å². The third-order valence-corrected chi connectivity index (χ3v) is 5.05. The minimum atomic E-state index is -4.08. The molecular weight excluding hydrogens is 363 g/mol. The van der Waals surface area contributed by atoms with Gasteiger partial charge in [0.1, 0.15) is 0 Å². The Labute approximate surface area is 183 Å². The van der Waals surface area contributed by atoms with Crippen molar-refractivity contribution in [1.82, 2.24) is 0 Å². The fourth-order valence-corrected chi connectivity index (χ4v) is 3.19. The van der Waals surface area contributed by atoms with E-state index in [2.05, 4.69) is 6.92 Å². The van der Waals surface area contributed by atoms with Crippen LogP contribution in [0.15, 0.2) is 0 Å². The van der Waals surface area contributed by atoms with Crippen LogP contribution in [0.3, 0.4) is 0 Å². The summed E-state index contributed by atoms with van der Waals surface area (Å²) in [4.78, 5) is 11.2. The van der Waals surface area contributed by atoms with Gasteiger partial charge in [-0.25, -0.2) is 0 Å². The number of carbonyl (C=O) groups excluding carboxylic acids is 1. The van der Waals surface area contributed by atoms with E-state index < -0.39 is 21.8 Å². The van der Waals surface area contributed by atoms with Gasteiger partial charge in [-0.3, -0.25) is 9.35 Å². The summed E-state index contributed by atoms with van der Waals surface area (Å²) in [6.45, 7) is 2.59. The summed E-state index contributed by atoms with van der Waals surface area (Å²) >= 11 is 0. The third-order valence-electron chi connectivity index (χ3n) is 4.33. The van der Waals surface area contributed by atoms with E-state index in [0.29, 0.717) is 6.61 Å². The number of hydrogen-bond acceptors (Lipinski definition) is 4. The molecule has 26 heavy (non-hydrogen) atoms. The maximum absolute atomic E-state index is 11.2. The zero-order valence-corrected chi connectivity index (χ0v) is 16.8. The van der Waals surface area contributed by atoms with Crippen LogP contribution in [0.5, 0.6) is 0 Å². The summed E-state index contributed by atoms with van der Waals surface area (Å²) in [5.74, 6) is -1.13. The van der Waals surface area contributed by atoms with Crippen LogP contribution in [0.4, 0.5) is 0 Å². The van der Waals surface area contributed by atoms with Crippen molar-refractivity contribution in [2.24, 2.45) is 0 Å². The van der Waals surface area contributed by atoms with Crippen LogP contribution < -0.4 is 0 Å². The first-order valence-corrected chi connectivity index (χ1v) is 11.7. The summed E-state index contributed by atoms with van der Waals surface area (Å²) in [7, 11) is -4.08. The van der Waals surface area contributed by atoms with E-state index in [1.807, 2.05) is 0 Å². The van der Waals surface area contributed by atoms with E-state index >= 15 is 0 Å². The van der Waals surface area contributed by atoms with Crippen molar-refractivity contribution >= 4 is 45.6 Å². The summed E-state index contributed by atoms with van der Waals surface area (Å²) in [5, 5.41) is 0. The Bertz CT molecular complexity index is 412. The van der Waals surface area contributed by atoms with Crippen LogP contribution in [0.1, 0.15) is 103 Å². The molecule has 0 aliphatic rings. The van der Waals surface area contributed by atoms with Gasteiger partial charge in [0, 0.05) is 0 Å². The van der Waals surface area contributed by atoms with Crippen LogP contribution >= 0.6 is 0 Å². The van der Waals surface area contributed by atoms with Gasteiger partial charge >= 0.3 is 35.5 Å². The SMILES string of the molecule is CCCCCCCCCCCCCCCCOC(=O)CCS(=O)(=O)O.[NaH]. The zero-order chi connectivity index (χ0) is 18.8. The Hall–Kier alpha value is 0.380. The van der Waals surface area contributed by atoms with Crippen molar-refractivity contribution in [2.75, 3.05) is 12.4 Å². The van der Waals surface area contributed by atoms with Gasteiger partial charge in [0.15, 0.2) is 0 Å². The van der Waals surface area contributed by atoms with Crippen molar-refractivity contribution in [2.45, 2.75) is 103 Å². The maximum atomic E-state index is 11.2. The van der Waals surface area contributed by atoms with Crippen molar-refractivity contribution in [1.29, 1.82) is 0 Å². The molecule has 0 amide bonds. The van der Waals surface area contributed by atoms with E-state index in [1.54, 1.807) is 0 Å². The number of ether oxygens (including phenoxy) is 1. The Morgan fingerprint density at radius 2 is 1.15 bits per heavy atom. The zero-order valence-electron chi connectivity index (χ0n) is 16.0. The molecule has 0 aliphatic heterocycles. The molecule has 1 N–H and O–H groups in total. The van der Waals surface area contributed by atoms with Crippen LogP contribution in [0, 0.1) is 0 Å². The van der Waals surface area contributed by atoms with E-state index in [9.17, 15) is 13.2 Å². The van der Waals surface area contributed by atoms with Gasteiger partial charge in [0.05, 0.1) is 18.8 Å². The Morgan fingerprint density at radius 1 is 0.769 bits per heavy atom.